The van der Waals surface area contributed by atoms with Crippen LogP contribution in [0.4, 0.5) is 5.69 Å². The predicted molar refractivity (Wildman–Crippen MR) is 115 cm³/mol. The zero-order valence-electron chi connectivity index (χ0n) is 17.5. The maximum atomic E-state index is 12.2. The average Bonchev–Trinajstić information content (AvgIpc) is 2.69. The van der Waals surface area contributed by atoms with E-state index in [2.05, 4.69) is 21.2 Å². The van der Waals surface area contributed by atoms with E-state index >= 15 is 0 Å². The van der Waals surface area contributed by atoms with Crippen molar-refractivity contribution >= 4 is 29.6 Å². The van der Waals surface area contributed by atoms with E-state index in [0.717, 1.165) is 16.8 Å². The van der Waals surface area contributed by atoms with Gasteiger partial charge < -0.3 is 15.4 Å². The lowest BCUT2D eigenvalue weighted by Crippen LogP contribution is -2.41. The number of amides is 3. The molecule has 0 aromatic heterocycles. The molecule has 3 N–H and O–H groups in total. The molecule has 30 heavy (non-hydrogen) atoms. The molecule has 0 saturated heterocycles. The Morgan fingerprint density at radius 1 is 1.03 bits per heavy atom. The number of nitrogens with one attached hydrogen (secondary N) is 3. The lowest BCUT2D eigenvalue weighted by atomic mass is 10.1. The fourth-order valence-corrected chi connectivity index (χ4v) is 2.56. The molecule has 0 heterocycles. The molecule has 0 saturated carbocycles. The van der Waals surface area contributed by atoms with Crippen molar-refractivity contribution in [1.29, 1.82) is 0 Å². The summed E-state index contributed by atoms with van der Waals surface area (Å²) in [5.41, 5.74) is 5.53. The van der Waals surface area contributed by atoms with Crippen LogP contribution in [0.3, 0.4) is 0 Å². The quantitative estimate of drug-likeness (QED) is 0.370. The summed E-state index contributed by atoms with van der Waals surface area (Å²) in [4.78, 5) is 35.3. The highest BCUT2D eigenvalue weighted by molar-refractivity contribution is 6.35. The van der Waals surface area contributed by atoms with E-state index in [9.17, 15) is 14.4 Å². The fourth-order valence-electron chi connectivity index (χ4n) is 2.56. The summed E-state index contributed by atoms with van der Waals surface area (Å²) in [7, 11) is 0. The Morgan fingerprint density at radius 3 is 2.37 bits per heavy atom. The normalized spacial score (nSPS) is 10.7. The van der Waals surface area contributed by atoms with Crippen LogP contribution in [0.2, 0.25) is 0 Å². The number of rotatable bonds is 7. The fraction of sp³-hybridized carbons (Fsp3) is 0.273. The first-order valence-corrected chi connectivity index (χ1v) is 9.49. The zero-order chi connectivity index (χ0) is 22.1. The molecule has 158 valence electrons. The maximum Gasteiger partial charge on any atom is 0.329 e. The van der Waals surface area contributed by atoms with E-state index in [4.69, 9.17) is 4.74 Å². The lowest BCUT2D eigenvalue weighted by molar-refractivity contribution is -0.139. The van der Waals surface area contributed by atoms with Crippen LogP contribution in [-0.4, -0.2) is 36.6 Å². The molecule has 0 aliphatic carbocycles. The van der Waals surface area contributed by atoms with Gasteiger partial charge in [0.05, 0.1) is 6.21 Å². The molecule has 0 aliphatic rings. The monoisotopic (exact) mass is 410 g/mol. The number of hydrogen-bond acceptors (Lipinski definition) is 5. The third kappa shape index (κ3) is 7.05. The first-order valence-electron chi connectivity index (χ1n) is 9.49. The van der Waals surface area contributed by atoms with Gasteiger partial charge in [-0.15, -0.1) is 0 Å². The van der Waals surface area contributed by atoms with E-state index in [1.165, 1.54) is 6.21 Å². The molecule has 8 nitrogen and oxygen atoms in total. The Bertz CT molecular complexity index is 934. The summed E-state index contributed by atoms with van der Waals surface area (Å²) < 4.78 is 5.54. The van der Waals surface area contributed by atoms with Gasteiger partial charge in [0.15, 0.2) is 6.61 Å². The minimum atomic E-state index is -0.851. The highest BCUT2D eigenvalue weighted by Gasteiger charge is 2.13. The molecular formula is C22H26N4O4. The average molecular weight is 410 g/mol. The van der Waals surface area contributed by atoms with E-state index in [1.807, 2.05) is 32.0 Å². The molecule has 0 atom stereocenters. The van der Waals surface area contributed by atoms with Crippen molar-refractivity contribution in [2.24, 2.45) is 5.10 Å². The topological polar surface area (TPSA) is 109 Å². The number of benzene rings is 2. The molecule has 0 spiro atoms. The predicted octanol–water partition coefficient (Wildman–Crippen LogP) is 2.30. The number of ether oxygens (including phenoxy) is 1. The van der Waals surface area contributed by atoms with Crippen molar-refractivity contribution < 1.29 is 19.1 Å². The van der Waals surface area contributed by atoms with Crippen LogP contribution in [0.1, 0.15) is 30.5 Å². The molecule has 2 rings (SSSR count). The minimum Gasteiger partial charge on any atom is -0.484 e. The van der Waals surface area contributed by atoms with Gasteiger partial charge in [-0.1, -0.05) is 30.3 Å². The standard InChI is InChI=1S/C22H26N4O4/c1-14(2)24-21(28)22(29)26-23-12-17-9-6-10-18(11-17)30-13-19(27)25-20-15(3)7-5-8-16(20)4/h5-12,14H,13H2,1-4H3,(H,24,28)(H,25,27)(H,26,29)/b23-12-. The van der Waals surface area contributed by atoms with Gasteiger partial charge in [0.2, 0.25) is 0 Å². The van der Waals surface area contributed by atoms with Gasteiger partial charge in [-0.3, -0.25) is 14.4 Å². The summed E-state index contributed by atoms with van der Waals surface area (Å²) >= 11 is 0. The first-order chi connectivity index (χ1) is 14.3. The maximum absolute atomic E-state index is 12.2. The van der Waals surface area contributed by atoms with Gasteiger partial charge in [0, 0.05) is 11.7 Å². The van der Waals surface area contributed by atoms with Crippen LogP contribution >= 0.6 is 0 Å². The molecule has 0 unspecified atom stereocenters. The number of carbonyl (C=O) groups excluding carboxylic acids is 3. The van der Waals surface area contributed by atoms with Gasteiger partial charge in [-0.05, 0) is 56.5 Å². The summed E-state index contributed by atoms with van der Waals surface area (Å²) in [6.07, 6.45) is 1.38. The van der Waals surface area contributed by atoms with Crippen molar-refractivity contribution in [1.82, 2.24) is 10.7 Å². The van der Waals surface area contributed by atoms with Crippen LogP contribution < -0.4 is 20.8 Å². The van der Waals surface area contributed by atoms with Crippen LogP contribution in [0.5, 0.6) is 5.75 Å². The smallest absolute Gasteiger partial charge is 0.329 e. The van der Waals surface area contributed by atoms with Crippen LogP contribution in [0, 0.1) is 13.8 Å². The summed E-state index contributed by atoms with van der Waals surface area (Å²) in [5, 5.41) is 9.09. The lowest BCUT2D eigenvalue weighted by Gasteiger charge is -2.12. The van der Waals surface area contributed by atoms with Gasteiger partial charge in [0.25, 0.3) is 5.91 Å². The highest BCUT2D eigenvalue weighted by Crippen LogP contribution is 2.19. The largest absolute Gasteiger partial charge is 0.484 e. The molecular weight excluding hydrogens is 384 g/mol. The van der Waals surface area contributed by atoms with Gasteiger partial charge in [-0.2, -0.15) is 5.10 Å². The molecule has 0 bridgehead atoms. The zero-order valence-corrected chi connectivity index (χ0v) is 17.5. The van der Waals surface area contributed by atoms with E-state index < -0.39 is 11.8 Å². The molecule has 0 aliphatic heterocycles. The van der Waals surface area contributed by atoms with E-state index in [0.29, 0.717) is 11.3 Å². The van der Waals surface area contributed by atoms with Gasteiger partial charge in [0.1, 0.15) is 5.75 Å². The van der Waals surface area contributed by atoms with Crippen LogP contribution in [0.25, 0.3) is 0 Å². The van der Waals surface area contributed by atoms with E-state index in [-0.39, 0.29) is 18.6 Å². The highest BCUT2D eigenvalue weighted by atomic mass is 16.5. The molecule has 2 aromatic rings. The number of carbonyl (C=O) groups is 3. The first kappa shape index (κ1) is 22.6. The second-order valence-electron chi connectivity index (χ2n) is 7.00. The molecule has 0 fully saturated rings. The number of hydrazone groups is 1. The van der Waals surface area contributed by atoms with Gasteiger partial charge >= 0.3 is 11.8 Å². The molecule has 2 aromatic carbocycles. The van der Waals surface area contributed by atoms with Gasteiger partial charge in [-0.25, -0.2) is 5.43 Å². The van der Waals surface area contributed by atoms with Crippen molar-refractivity contribution in [3.63, 3.8) is 0 Å². The second-order valence-corrected chi connectivity index (χ2v) is 7.00. The van der Waals surface area contributed by atoms with E-state index in [1.54, 1.807) is 38.1 Å². The molecule has 0 radical (unpaired) electrons. The minimum absolute atomic E-state index is 0.145. The number of hydrogen-bond donors (Lipinski definition) is 3. The Balaban J connectivity index is 1.88. The third-order valence-electron chi connectivity index (χ3n) is 3.98. The number of aryl methyl sites for hydroxylation is 2. The Kier molecular flexibility index (Phi) is 8.10. The number of nitrogens with zero attached hydrogens (tertiary/aromatic N) is 1. The summed E-state index contributed by atoms with van der Waals surface area (Å²) in [5.74, 6) is -1.40. The third-order valence-corrected chi connectivity index (χ3v) is 3.98. The Hall–Kier alpha value is -3.68. The Labute approximate surface area is 175 Å². The number of anilines is 1. The SMILES string of the molecule is Cc1cccc(C)c1NC(=O)COc1cccc(/C=N\NC(=O)C(=O)NC(C)C)c1. The number of para-hydroxylation sites is 1. The molecule has 3 amide bonds. The van der Waals surface area contributed by atoms with Crippen LogP contribution in [-0.2, 0) is 14.4 Å². The van der Waals surface area contributed by atoms with Crippen molar-refractivity contribution in [2.75, 3.05) is 11.9 Å². The summed E-state index contributed by atoms with van der Waals surface area (Å²) in [6.45, 7) is 7.21. The van der Waals surface area contributed by atoms with Crippen LogP contribution in [0.15, 0.2) is 47.6 Å². The second kappa shape index (κ2) is 10.8. The summed E-state index contributed by atoms with van der Waals surface area (Å²) in [6, 6.07) is 12.5. The molecule has 8 heteroatoms. The Morgan fingerprint density at radius 2 is 1.70 bits per heavy atom. The van der Waals surface area contributed by atoms with Crippen molar-refractivity contribution in [3.8, 4) is 5.75 Å². The van der Waals surface area contributed by atoms with Crippen molar-refractivity contribution in [3.05, 3.63) is 59.2 Å². The van der Waals surface area contributed by atoms with Crippen molar-refractivity contribution in [2.45, 2.75) is 33.7 Å².